The van der Waals surface area contributed by atoms with Crippen LogP contribution < -0.4 is 0 Å². The number of hydrogen-bond acceptors (Lipinski definition) is 4. The monoisotopic (exact) mass is 358 g/mol. The number of carboxylic acids is 1. The number of carbonyl (C=O) groups is 1. The molecule has 0 spiro atoms. The van der Waals surface area contributed by atoms with Crippen LogP contribution >= 0.6 is 11.8 Å². The van der Waals surface area contributed by atoms with E-state index in [1.165, 1.54) is 6.07 Å². The molecule has 0 saturated carbocycles. The topological polar surface area (TPSA) is 63.1 Å². The Kier molecular flexibility index (Phi) is 5.69. The summed E-state index contributed by atoms with van der Waals surface area (Å²) in [4.78, 5) is 19.3. The summed E-state index contributed by atoms with van der Waals surface area (Å²) in [6.45, 7) is 4.00. The van der Waals surface area contributed by atoms with Gasteiger partial charge in [-0.2, -0.15) is 13.2 Å². The number of alkyl halides is 3. The highest BCUT2D eigenvalue weighted by molar-refractivity contribution is 7.99. The molecule has 1 aromatic carbocycles. The molecular weight excluding hydrogens is 341 g/mol. The first-order valence-corrected chi connectivity index (χ1v) is 8.38. The maximum absolute atomic E-state index is 12.9. The van der Waals surface area contributed by atoms with Gasteiger partial charge in [0.2, 0.25) is 0 Å². The number of carboxylic acid groups (broad SMARTS) is 1. The second-order valence-electron chi connectivity index (χ2n) is 5.76. The van der Waals surface area contributed by atoms with Gasteiger partial charge in [0.15, 0.2) is 0 Å². The molecule has 0 unspecified atom stereocenters. The normalized spacial score (nSPS) is 12.1. The summed E-state index contributed by atoms with van der Waals surface area (Å²) in [7, 11) is 0. The van der Waals surface area contributed by atoms with Crippen LogP contribution in [0.5, 0.6) is 0 Å². The number of aromatic nitrogens is 2. The van der Waals surface area contributed by atoms with Gasteiger partial charge in [0.25, 0.3) is 0 Å². The molecule has 2 aromatic rings. The van der Waals surface area contributed by atoms with E-state index in [1.807, 2.05) is 13.8 Å². The van der Waals surface area contributed by atoms with Gasteiger partial charge in [-0.1, -0.05) is 13.8 Å². The summed E-state index contributed by atoms with van der Waals surface area (Å²) < 4.78 is 38.8. The molecule has 8 heteroatoms. The molecule has 130 valence electrons. The minimum atomic E-state index is -4.45. The lowest BCUT2D eigenvalue weighted by Gasteiger charge is -2.12. The van der Waals surface area contributed by atoms with Gasteiger partial charge in [-0.25, -0.2) is 9.97 Å². The van der Waals surface area contributed by atoms with Crippen LogP contribution in [0.2, 0.25) is 0 Å². The lowest BCUT2D eigenvalue weighted by Crippen LogP contribution is -2.07. The van der Waals surface area contributed by atoms with E-state index in [9.17, 15) is 18.0 Å². The van der Waals surface area contributed by atoms with Crippen LogP contribution in [-0.4, -0.2) is 26.8 Å². The second kappa shape index (κ2) is 7.38. The highest BCUT2D eigenvalue weighted by Crippen LogP contribution is 2.34. The minimum absolute atomic E-state index is 0.0887. The summed E-state index contributed by atoms with van der Waals surface area (Å²) in [6, 6.07) is 3.36. The fourth-order valence-electron chi connectivity index (χ4n) is 2.12. The summed E-state index contributed by atoms with van der Waals surface area (Å²) in [5.41, 5.74) is -0.332. The molecule has 0 fully saturated rings. The van der Waals surface area contributed by atoms with Gasteiger partial charge in [0, 0.05) is 17.6 Å². The number of aliphatic carboxylic acids is 1. The Bertz CT molecular complexity index is 748. The maximum atomic E-state index is 12.9. The smallest absolute Gasteiger partial charge is 0.416 e. The quantitative estimate of drug-likeness (QED) is 0.612. The average molecular weight is 358 g/mol. The van der Waals surface area contributed by atoms with Gasteiger partial charge in [-0.05, 0) is 24.1 Å². The van der Waals surface area contributed by atoms with Crippen molar-refractivity contribution in [1.29, 1.82) is 0 Å². The number of fused-ring (bicyclic) bond motifs is 1. The van der Waals surface area contributed by atoms with E-state index in [0.29, 0.717) is 34.1 Å². The van der Waals surface area contributed by atoms with Gasteiger partial charge < -0.3 is 5.11 Å². The van der Waals surface area contributed by atoms with Gasteiger partial charge in [0.05, 0.1) is 17.5 Å². The molecule has 0 saturated heterocycles. The van der Waals surface area contributed by atoms with Crippen LogP contribution in [0, 0.1) is 5.92 Å². The molecule has 0 aliphatic carbocycles. The van der Waals surface area contributed by atoms with Crippen LogP contribution in [-0.2, 0) is 17.4 Å². The van der Waals surface area contributed by atoms with Crippen molar-refractivity contribution in [3.63, 3.8) is 0 Å². The second-order valence-corrected chi connectivity index (χ2v) is 6.85. The summed E-state index contributed by atoms with van der Waals surface area (Å²) in [5, 5.41) is 9.42. The Hall–Kier alpha value is -1.83. The van der Waals surface area contributed by atoms with Gasteiger partial charge in [-0.15, -0.1) is 11.8 Å². The first kappa shape index (κ1) is 18.5. The Labute approximate surface area is 141 Å². The fraction of sp³-hybridized carbons (Fsp3) is 0.438. The third-order valence-electron chi connectivity index (χ3n) is 3.18. The highest BCUT2D eigenvalue weighted by atomic mass is 32.2. The number of hydrogen-bond donors (Lipinski definition) is 1. The van der Waals surface area contributed by atoms with E-state index in [4.69, 9.17) is 5.11 Å². The van der Waals surface area contributed by atoms with Gasteiger partial charge in [0.1, 0.15) is 10.9 Å². The van der Waals surface area contributed by atoms with Crippen LogP contribution in [0.15, 0.2) is 23.2 Å². The molecule has 0 radical (unpaired) electrons. The SMILES string of the molecule is CC(C)Cc1nc(SCCC(=O)O)c2cc(C(F)(F)F)ccc2n1. The van der Waals surface area contributed by atoms with Crippen molar-refractivity contribution in [2.75, 3.05) is 5.75 Å². The van der Waals surface area contributed by atoms with Crippen molar-refractivity contribution in [3.8, 4) is 0 Å². The first-order valence-electron chi connectivity index (χ1n) is 7.39. The standard InChI is InChI=1S/C16H17F3N2O2S/c1-9(2)7-13-20-12-4-3-10(16(17,18)19)8-11(12)15(21-13)24-6-5-14(22)23/h3-4,8-9H,5-7H2,1-2H3,(H,22,23). The van der Waals surface area contributed by atoms with Gasteiger partial charge in [-0.3, -0.25) is 4.79 Å². The van der Waals surface area contributed by atoms with Crippen molar-refractivity contribution in [2.45, 2.75) is 37.9 Å². The molecule has 0 aliphatic rings. The predicted octanol–water partition coefficient (Wildman–Crippen LogP) is 4.41. The third kappa shape index (κ3) is 4.83. The van der Waals surface area contributed by atoms with E-state index in [0.717, 1.165) is 23.9 Å². The maximum Gasteiger partial charge on any atom is 0.416 e. The first-order chi connectivity index (χ1) is 11.2. The zero-order valence-corrected chi connectivity index (χ0v) is 14.0. The molecule has 1 N–H and O–H groups in total. The highest BCUT2D eigenvalue weighted by Gasteiger charge is 2.31. The zero-order chi connectivity index (χ0) is 17.9. The third-order valence-corrected chi connectivity index (χ3v) is 4.17. The molecule has 24 heavy (non-hydrogen) atoms. The Morgan fingerprint density at radius 3 is 2.58 bits per heavy atom. The van der Waals surface area contributed by atoms with Crippen LogP contribution in [0.3, 0.4) is 0 Å². The van der Waals surface area contributed by atoms with E-state index in [-0.39, 0.29) is 12.2 Å². The lowest BCUT2D eigenvalue weighted by molar-refractivity contribution is -0.138. The molecule has 1 heterocycles. The average Bonchev–Trinajstić information content (AvgIpc) is 2.44. The van der Waals surface area contributed by atoms with Crippen molar-refractivity contribution >= 4 is 28.6 Å². The molecular formula is C16H17F3N2O2S. The zero-order valence-electron chi connectivity index (χ0n) is 13.2. The number of thioether (sulfide) groups is 1. The van der Waals surface area contributed by atoms with Crippen LogP contribution in [0.1, 0.15) is 31.7 Å². The molecule has 1 aromatic heterocycles. The Morgan fingerprint density at radius 1 is 1.29 bits per heavy atom. The fourth-order valence-corrected chi connectivity index (χ4v) is 3.08. The summed E-state index contributed by atoms with van der Waals surface area (Å²) in [5.74, 6) is 0.127. The molecule has 0 amide bonds. The molecule has 0 bridgehead atoms. The van der Waals surface area contributed by atoms with Crippen LogP contribution in [0.4, 0.5) is 13.2 Å². The minimum Gasteiger partial charge on any atom is -0.481 e. The summed E-state index contributed by atoms with van der Waals surface area (Å²) in [6.07, 6.45) is -3.94. The number of halogens is 3. The Balaban J connectivity index is 2.47. The van der Waals surface area contributed by atoms with Crippen molar-refractivity contribution in [1.82, 2.24) is 9.97 Å². The molecule has 2 rings (SSSR count). The summed E-state index contributed by atoms with van der Waals surface area (Å²) >= 11 is 1.14. The Morgan fingerprint density at radius 2 is 2.00 bits per heavy atom. The van der Waals surface area contributed by atoms with Crippen LogP contribution in [0.25, 0.3) is 10.9 Å². The van der Waals surface area contributed by atoms with Gasteiger partial charge >= 0.3 is 12.1 Å². The lowest BCUT2D eigenvalue weighted by atomic mass is 10.1. The van der Waals surface area contributed by atoms with Crippen molar-refractivity contribution in [3.05, 3.63) is 29.6 Å². The molecule has 0 atom stereocenters. The number of benzene rings is 1. The number of nitrogens with zero attached hydrogens (tertiary/aromatic N) is 2. The van der Waals surface area contributed by atoms with E-state index in [1.54, 1.807) is 0 Å². The van der Waals surface area contributed by atoms with E-state index >= 15 is 0 Å². The van der Waals surface area contributed by atoms with Crippen molar-refractivity contribution in [2.24, 2.45) is 5.92 Å². The predicted molar refractivity (Wildman–Crippen MR) is 86.1 cm³/mol. The molecule has 0 aliphatic heterocycles. The largest absolute Gasteiger partial charge is 0.481 e. The van der Waals surface area contributed by atoms with Crippen molar-refractivity contribution < 1.29 is 23.1 Å². The molecule has 4 nitrogen and oxygen atoms in total. The van der Waals surface area contributed by atoms with E-state index in [2.05, 4.69) is 9.97 Å². The van der Waals surface area contributed by atoms with E-state index < -0.39 is 17.7 Å². The number of rotatable bonds is 6.